The van der Waals surface area contributed by atoms with Crippen LogP contribution in [0.15, 0.2) is 57.3 Å². The van der Waals surface area contributed by atoms with Gasteiger partial charge in [-0.25, -0.2) is 9.98 Å². The van der Waals surface area contributed by atoms with Crippen LogP contribution in [0.1, 0.15) is 31.1 Å². The van der Waals surface area contributed by atoms with E-state index in [0.29, 0.717) is 18.3 Å². The second-order valence-corrected chi connectivity index (χ2v) is 7.60. The number of rotatable bonds is 7. The Morgan fingerprint density at radius 2 is 1.97 bits per heavy atom. The van der Waals surface area contributed by atoms with Gasteiger partial charge in [-0.15, -0.1) is 35.3 Å². The van der Waals surface area contributed by atoms with E-state index in [1.54, 1.807) is 24.3 Å². The van der Waals surface area contributed by atoms with Crippen LogP contribution in [-0.4, -0.2) is 29.1 Å². The van der Waals surface area contributed by atoms with Gasteiger partial charge in [-0.05, 0) is 32.9 Å². The topological polar surface area (TPSA) is 82.7 Å². The summed E-state index contributed by atoms with van der Waals surface area (Å²) < 4.78 is 5.56. The molecule has 3 rings (SSSR count). The number of aliphatic hydroxyl groups is 1. The van der Waals surface area contributed by atoms with Gasteiger partial charge < -0.3 is 20.2 Å². The smallest absolute Gasteiger partial charge is 0.191 e. The zero-order valence-corrected chi connectivity index (χ0v) is 20.0. The van der Waals surface area contributed by atoms with Gasteiger partial charge in [-0.2, -0.15) is 0 Å². The minimum Gasteiger partial charge on any atom is -0.463 e. The van der Waals surface area contributed by atoms with E-state index in [4.69, 9.17) is 4.42 Å². The van der Waals surface area contributed by atoms with Crippen LogP contribution in [0.5, 0.6) is 0 Å². The molecule has 1 aromatic carbocycles. The van der Waals surface area contributed by atoms with Gasteiger partial charge in [0.05, 0.1) is 18.8 Å². The van der Waals surface area contributed by atoms with Gasteiger partial charge in [-0.3, -0.25) is 0 Å². The molecule has 1 atom stereocenters. The zero-order valence-electron chi connectivity index (χ0n) is 16.8. The molecule has 2 heterocycles. The van der Waals surface area contributed by atoms with Gasteiger partial charge >= 0.3 is 0 Å². The average Bonchev–Trinajstić information content (AvgIpc) is 3.34. The quantitative estimate of drug-likeness (QED) is 0.243. The first kappa shape index (κ1) is 23.4. The molecule has 0 spiro atoms. The molecule has 0 saturated carbocycles. The molecule has 8 heteroatoms. The van der Waals surface area contributed by atoms with Crippen molar-refractivity contribution in [3.8, 4) is 10.6 Å². The Morgan fingerprint density at radius 3 is 2.62 bits per heavy atom. The van der Waals surface area contributed by atoms with Crippen molar-refractivity contribution >= 4 is 41.3 Å². The lowest BCUT2D eigenvalue weighted by atomic mass is 10.0. The molecule has 156 valence electrons. The SMILES string of the molecule is CCNC(=NCc1csc(-c2ccccc2)n1)NCC(C)(O)c1ccc(C)o1.I. The van der Waals surface area contributed by atoms with E-state index >= 15 is 0 Å². The summed E-state index contributed by atoms with van der Waals surface area (Å²) in [4.78, 5) is 9.25. The highest BCUT2D eigenvalue weighted by Gasteiger charge is 2.27. The third-order valence-corrected chi connectivity index (χ3v) is 5.13. The highest BCUT2D eigenvalue weighted by atomic mass is 127. The lowest BCUT2D eigenvalue weighted by Crippen LogP contribution is -2.44. The summed E-state index contributed by atoms with van der Waals surface area (Å²) in [6.07, 6.45) is 0. The maximum atomic E-state index is 10.7. The Hall–Kier alpha value is -1.91. The van der Waals surface area contributed by atoms with Crippen molar-refractivity contribution < 1.29 is 9.52 Å². The summed E-state index contributed by atoms with van der Waals surface area (Å²) in [5.74, 6) is 1.93. The minimum absolute atomic E-state index is 0. The second kappa shape index (κ2) is 10.7. The second-order valence-electron chi connectivity index (χ2n) is 6.74. The first-order valence-electron chi connectivity index (χ1n) is 9.29. The molecule has 0 aliphatic heterocycles. The molecule has 3 aromatic rings. The molecular weight excluding hydrogens is 499 g/mol. The molecular formula is C21H27IN4O2S. The maximum Gasteiger partial charge on any atom is 0.191 e. The molecule has 0 saturated heterocycles. The number of hydrogen-bond donors (Lipinski definition) is 3. The van der Waals surface area contributed by atoms with Crippen molar-refractivity contribution in [3.05, 3.63) is 65.1 Å². The Bertz CT molecular complexity index is 922. The van der Waals surface area contributed by atoms with Gasteiger partial charge in [0.1, 0.15) is 22.1 Å². The van der Waals surface area contributed by atoms with Crippen LogP contribution < -0.4 is 10.6 Å². The lowest BCUT2D eigenvalue weighted by Gasteiger charge is -2.22. The Kier molecular flexibility index (Phi) is 8.66. The van der Waals surface area contributed by atoms with E-state index in [1.807, 2.05) is 43.5 Å². The molecule has 2 aromatic heterocycles. The highest BCUT2D eigenvalue weighted by molar-refractivity contribution is 14.0. The molecule has 0 radical (unpaired) electrons. The molecule has 0 fully saturated rings. The predicted octanol–water partition coefficient (Wildman–Crippen LogP) is 4.29. The van der Waals surface area contributed by atoms with E-state index in [9.17, 15) is 5.11 Å². The standard InChI is InChI=1S/C21H26N4O2S.HI/c1-4-22-20(24-14-21(3,26)18-11-10-15(2)27-18)23-12-17-13-28-19(25-17)16-8-6-5-7-9-16;/h5-11,13,26H,4,12,14H2,1-3H3,(H2,22,23,24);1H. The molecule has 0 aliphatic rings. The number of halogens is 1. The summed E-state index contributed by atoms with van der Waals surface area (Å²) in [6.45, 7) is 7.03. The number of hydrogen-bond acceptors (Lipinski definition) is 5. The van der Waals surface area contributed by atoms with Crippen LogP contribution in [-0.2, 0) is 12.1 Å². The van der Waals surface area contributed by atoms with Crippen molar-refractivity contribution in [1.29, 1.82) is 0 Å². The molecule has 3 N–H and O–H groups in total. The van der Waals surface area contributed by atoms with Crippen LogP contribution in [0.4, 0.5) is 0 Å². The fourth-order valence-electron chi connectivity index (χ4n) is 2.66. The van der Waals surface area contributed by atoms with Crippen LogP contribution in [0.3, 0.4) is 0 Å². The Balaban J connectivity index is 0.00000300. The molecule has 6 nitrogen and oxygen atoms in total. The third kappa shape index (κ3) is 6.55. The number of nitrogens with one attached hydrogen (secondary N) is 2. The molecule has 0 aliphatic carbocycles. The van der Waals surface area contributed by atoms with E-state index < -0.39 is 5.60 Å². The van der Waals surface area contributed by atoms with E-state index in [0.717, 1.165) is 28.6 Å². The van der Waals surface area contributed by atoms with E-state index in [-0.39, 0.29) is 30.5 Å². The minimum atomic E-state index is -1.13. The van der Waals surface area contributed by atoms with Crippen LogP contribution in [0.2, 0.25) is 0 Å². The zero-order chi connectivity index (χ0) is 20.0. The van der Waals surface area contributed by atoms with Gasteiger partial charge in [-0.1, -0.05) is 30.3 Å². The molecule has 0 bridgehead atoms. The van der Waals surface area contributed by atoms with Crippen LogP contribution in [0, 0.1) is 6.92 Å². The summed E-state index contributed by atoms with van der Waals surface area (Å²) >= 11 is 1.61. The van der Waals surface area contributed by atoms with Crippen LogP contribution >= 0.6 is 35.3 Å². The first-order chi connectivity index (χ1) is 13.5. The summed E-state index contributed by atoms with van der Waals surface area (Å²) in [5, 5.41) is 20.1. The summed E-state index contributed by atoms with van der Waals surface area (Å²) in [5.41, 5.74) is 0.887. The first-order valence-corrected chi connectivity index (χ1v) is 10.2. The van der Waals surface area contributed by atoms with Crippen molar-refractivity contribution in [1.82, 2.24) is 15.6 Å². The van der Waals surface area contributed by atoms with Gasteiger partial charge in [0, 0.05) is 17.5 Å². The lowest BCUT2D eigenvalue weighted by molar-refractivity contribution is 0.0378. The fourth-order valence-corrected chi connectivity index (χ4v) is 3.48. The van der Waals surface area contributed by atoms with Crippen molar-refractivity contribution in [2.75, 3.05) is 13.1 Å². The number of furan rings is 1. The van der Waals surface area contributed by atoms with Gasteiger partial charge in [0.15, 0.2) is 5.96 Å². The number of aryl methyl sites for hydroxylation is 1. The van der Waals surface area contributed by atoms with Crippen molar-refractivity contribution in [3.63, 3.8) is 0 Å². The Labute approximate surface area is 192 Å². The van der Waals surface area contributed by atoms with Gasteiger partial charge in [0.25, 0.3) is 0 Å². The Morgan fingerprint density at radius 1 is 1.21 bits per heavy atom. The normalized spacial score (nSPS) is 13.4. The summed E-state index contributed by atoms with van der Waals surface area (Å²) in [6, 6.07) is 13.8. The van der Waals surface area contributed by atoms with Crippen molar-refractivity contribution in [2.45, 2.75) is 32.9 Å². The highest BCUT2D eigenvalue weighted by Crippen LogP contribution is 2.24. The number of thiazole rings is 1. The number of aromatic nitrogens is 1. The molecule has 29 heavy (non-hydrogen) atoms. The largest absolute Gasteiger partial charge is 0.463 e. The maximum absolute atomic E-state index is 10.7. The van der Waals surface area contributed by atoms with E-state index in [1.165, 1.54) is 0 Å². The average molecular weight is 526 g/mol. The van der Waals surface area contributed by atoms with E-state index in [2.05, 4.69) is 32.7 Å². The fraction of sp³-hybridized carbons (Fsp3) is 0.333. The number of benzene rings is 1. The number of aliphatic imine (C=N–C) groups is 1. The monoisotopic (exact) mass is 526 g/mol. The van der Waals surface area contributed by atoms with Gasteiger partial charge in [0.2, 0.25) is 0 Å². The summed E-state index contributed by atoms with van der Waals surface area (Å²) in [7, 11) is 0. The van der Waals surface area contributed by atoms with Crippen LogP contribution in [0.25, 0.3) is 10.6 Å². The number of guanidine groups is 1. The third-order valence-electron chi connectivity index (χ3n) is 4.19. The predicted molar refractivity (Wildman–Crippen MR) is 129 cm³/mol. The van der Waals surface area contributed by atoms with Crippen molar-refractivity contribution in [2.24, 2.45) is 4.99 Å². The molecule has 0 amide bonds. The number of nitrogens with zero attached hydrogens (tertiary/aromatic N) is 2. The molecule has 1 unspecified atom stereocenters.